The van der Waals surface area contributed by atoms with Crippen LogP contribution in [0.2, 0.25) is 0 Å². The van der Waals surface area contributed by atoms with Crippen molar-refractivity contribution in [2.24, 2.45) is 0 Å². The Hall–Kier alpha value is -1.46. The summed E-state index contributed by atoms with van der Waals surface area (Å²) in [5.74, 6) is 0.829. The second-order valence-electron chi connectivity index (χ2n) is 3.67. The van der Waals surface area contributed by atoms with E-state index in [-0.39, 0.29) is 6.10 Å². The predicted molar refractivity (Wildman–Crippen MR) is 59.5 cm³/mol. The van der Waals surface area contributed by atoms with Gasteiger partial charge in [-0.15, -0.1) is 11.3 Å². The smallest absolute Gasteiger partial charge is 0.170 e. The van der Waals surface area contributed by atoms with E-state index in [0.29, 0.717) is 12.3 Å². The van der Waals surface area contributed by atoms with Crippen LogP contribution in [0, 0.1) is 0 Å². The van der Waals surface area contributed by atoms with Gasteiger partial charge in [0.05, 0.1) is 6.54 Å². The Morgan fingerprint density at radius 2 is 2.56 bits per heavy atom. The summed E-state index contributed by atoms with van der Waals surface area (Å²) in [6.07, 6.45) is 2.64. The monoisotopic (exact) mass is 234 g/mol. The molecule has 3 rings (SSSR count). The number of fused-ring (bicyclic) bond motifs is 1. The van der Waals surface area contributed by atoms with E-state index in [2.05, 4.69) is 11.1 Å². The van der Waals surface area contributed by atoms with Crippen molar-refractivity contribution in [2.45, 2.75) is 19.3 Å². The van der Waals surface area contributed by atoms with E-state index < -0.39 is 0 Å². The number of hydrogen-bond donors (Lipinski definition) is 0. The van der Waals surface area contributed by atoms with Crippen LogP contribution in [-0.4, -0.2) is 15.8 Å². The Bertz CT molecular complexity index is 504. The molecule has 2 aromatic rings. The van der Waals surface area contributed by atoms with Crippen LogP contribution in [0.3, 0.4) is 0 Å². The Balaban J connectivity index is 1.88. The van der Waals surface area contributed by atoms with Gasteiger partial charge in [-0.05, 0) is 11.4 Å². The maximum absolute atomic E-state index is 10.6. The molecule has 2 aromatic heterocycles. The van der Waals surface area contributed by atoms with Crippen molar-refractivity contribution < 1.29 is 9.53 Å². The molecule has 0 aromatic carbocycles. The number of ether oxygens (including phenoxy) is 1. The zero-order valence-corrected chi connectivity index (χ0v) is 9.31. The zero-order chi connectivity index (χ0) is 11.0. The molecule has 0 radical (unpaired) electrons. The summed E-state index contributed by atoms with van der Waals surface area (Å²) < 4.78 is 7.72. The van der Waals surface area contributed by atoms with Crippen molar-refractivity contribution >= 4 is 17.6 Å². The summed E-state index contributed by atoms with van der Waals surface area (Å²) in [6.45, 7) is 1.20. The fourth-order valence-electron chi connectivity index (χ4n) is 1.86. The van der Waals surface area contributed by atoms with E-state index >= 15 is 0 Å². The molecule has 0 saturated heterocycles. The molecule has 0 saturated carbocycles. The minimum Gasteiger partial charge on any atom is -0.363 e. The molecule has 3 heterocycles. The largest absolute Gasteiger partial charge is 0.363 e. The van der Waals surface area contributed by atoms with Gasteiger partial charge < -0.3 is 9.30 Å². The topological polar surface area (TPSA) is 44.1 Å². The summed E-state index contributed by atoms with van der Waals surface area (Å²) in [4.78, 5) is 16.0. The summed E-state index contributed by atoms with van der Waals surface area (Å²) in [5.41, 5.74) is 0.477. The Morgan fingerprint density at radius 1 is 1.62 bits per heavy atom. The van der Waals surface area contributed by atoms with Crippen LogP contribution in [0.5, 0.6) is 0 Å². The molecule has 1 atom stereocenters. The lowest BCUT2D eigenvalue weighted by atomic mass is 10.2. The van der Waals surface area contributed by atoms with Crippen LogP contribution in [0.1, 0.15) is 27.3 Å². The second-order valence-corrected chi connectivity index (χ2v) is 4.65. The van der Waals surface area contributed by atoms with Crippen molar-refractivity contribution in [3.63, 3.8) is 0 Å². The molecular weight excluding hydrogens is 224 g/mol. The van der Waals surface area contributed by atoms with Crippen molar-refractivity contribution in [3.8, 4) is 0 Å². The van der Waals surface area contributed by atoms with Crippen molar-refractivity contribution in [2.75, 3.05) is 0 Å². The van der Waals surface area contributed by atoms with Gasteiger partial charge in [-0.25, -0.2) is 4.98 Å². The average Bonchev–Trinajstić information content (AvgIpc) is 2.96. The van der Waals surface area contributed by atoms with Crippen molar-refractivity contribution in [1.29, 1.82) is 0 Å². The first-order chi connectivity index (χ1) is 7.86. The normalized spacial score (nSPS) is 19.4. The molecule has 0 fully saturated rings. The molecular formula is C11H10N2O2S. The number of hydrogen-bond acceptors (Lipinski definition) is 4. The van der Waals surface area contributed by atoms with Gasteiger partial charge in [0.1, 0.15) is 24.2 Å². The standard InChI is InChI=1S/C11H10N2O2S/c14-6-8-4-13-5-9(10-2-1-3-16-10)15-7-11(13)12-8/h1-4,6,9H,5,7H2/t9-/m1/s1. The lowest BCUT2D eigenvalue weighted by molar-refractivity contribution is 0.00268. The molecule has 82 valence electrons. The molecule has 0 spiro atoms. The van der Waals surface area contributed by atoms with E-state index in [9.17, 15) is 4.79 Å². The number of rotatable bonds is 2. The van der Waals surface area contributed by atoms with Gasteiger partial charge in [0.2, 0.25) is 0 Å². The summed E-state index contributed by atoms with van der Waals surface area (Å²) in [7, 11) is 0. The van der Waals surface area contributed by atoms with Crippen LogP contribution >= 0.6 is 11.3 Å². The van der Waals surface area contributed by atoms with E-state index in [1.807, 2.05) is 16.0 Å². The van der Waals surface area contributed by atoms with Crippen LogP contribution in [0.25, 0.3) is 0 Å². The highest BCUT2D eigenvalue weighted by Crippen LogP contribution is 2.28. The number of imidazole rings is 1. The first-order valence-corrected chi connectivity index (χ1v) is 5.91. The third-order valence-corrected chi connectivity index (χ3v) is 3.60. The number of thiophene rings is 1. The molecule has 1 aliphatic heterocycles. The number of aromatic nitrogens is 2. The first kappa shape index (κ1) is 9.74. The summed E-state index contributed by atoms with van der Waals surface area (Å²) in [6, 6.07) is 4.08. The van der Waals surface area contributed by atoms with Gasteiger partial charge in [-0.1, -0.05) is 6.07 Å². The molecule has 0 amide bonds. The lowest BCUT2D eigenvalue weighted by Crippen LogP contribution is -2.20. The number of carbonyl (C=O) groups is 1. The van der Waals surface area contributed by atoms with Gasteiger partial charge in [-0.3, -0.25) is 4.79 Å². The van der Waals surface area contributed by atoms with Crippen molar-refractivity contribution in [1.82, 2.24) is 9.55 Å². The van der Waals surface area contributed by atoms with Gasteiger partial charge in [0, 0.05) is 11.1 Å². The zero-order valence-electron chi connectivity index (χ0n) is 8.50. The van der Waals surface area contributed by atoms with E-state index in [1.165, 1.54) is 4.88 Å². The average molecular weight is 234 g/mol. The molecule has 0 N–H and O–H groups in total. The van der Waals surface area contributed by atoms with Crippen LogP contribution < -0.4 is 0 Å². The van der Waals surface area contributed by atoms with Gasteiger partial charge >= 0.3 is 0 Å². The minimum atomic E-state index is 0.0844. The molecule has 1 aliphatic rings. The van der Waals surface area contributed by atoms with E-state index in [0.717, 1.165) is 18.7 Å². The Morgan fingerprint density at radius 3 is 3.31 bits per heavy atom. The minimum absolute atomic E-state index is 0.0844. The van der Waals surface area contributed by atoms with E-state index in [4.69, 9.17) is 4.74 Å². The molecule has 0 unspecified atom stereocenters. The fourth-order valence-corrected chi connectivity index (χ4v) is 2.63. The molecule has 16 heavy (non-hydrogen) atoms. The number of nitrogens with zero attached hydrogens (tertiary/aromatic N) is 2. The summed E-state index contributed by atoms with van der Waals surface area (Å²) >= 11 is 1.69. The van der Waals surface area contributed by atoms with Crippen molar-refractivity contribution in [3.05, 3.63) is 40.1 Å². The molecule has 5 heteroatoms. The number of aldehydes is 1. The first-order valence-electron chi connectivity index (χ1n) is 5.03. The van der Waals surface area contributed by atoms with Gasteiger partial charge in [0.15, 0.2) is 6.29 Å². The Labute approximate surface area is 96.5 Å². The van der Waals surface area contributed by atoms with Crippen LogP contribution in [-0.2, 0) is 17.9 Å². The van der Waals surface area contributed by atoms with Gasteiger partial charge in [-0.2, -0.15) is 0 Å². The van der Waals surface area contributed by atoms with Crippen LogP contribution in [0.4, 0.5) is 0 Å². The highest BCUT2D eigenvalue weighted by molar-refractivity contribution is 7.10. The fraction of sp³-hybridized carbons (Fsp3) is 0.273. The quantitative estimate of drug-likeness (QED) is 0.747. The third kappa shape index (κ3) is 1.58. The molecule has 0 aliphatic carbocycles. The molecule has 0 bridgehead atoms. The van der Waals surface area contributed by atoms with Crippen LogP contribution in [0.15, 0.2) is 23.7 Å². The Kier molecular flexibility index (Phi) is 2.34. The highest BCUT2D eigenvalue weighted by Gasteiger charge is 2.22. The third-order valence-electron chi connectivity index (χ3n) is 2.64. The SMILES string of the molecule is O=Cc1cn2c(n1)CO[C@@H](c1cccs1)C2. The lowest BCUT2D eigenvalue weighted by Gasteiger charge is -2.23. The molecule has 4 nitrogen and oxygen atoms in total. The predicted octanol–water partition coefficient (Wildman–Crippen LogP) is 2.03. The number of carbonyl (C=O) groups excluding carboxylic acids is 1. The second kappa shape index (κ2) is 3.84. The van der Waals surface area contributed by atoms with Gasteiger partial charge in [0.25, 0.3) is 0 Å². The van der Waals surface area contributed by atoms with E-state index in [1.54, 1.807) is 17.5 Å². The summed E-state index contributed by atoms with van der Waals surface area (Å²) in [5, 5.41) is 2.04. The maximum atomic E-state index is 10.6. The highest BCUT2D eigenvalue weighted by atomic mass is 32.1. The maximum Gasteiger partial charge on any atom is 0.170 e.